The Hall–Kier alpha value is -2.03. The molecule has 2 aliphatic rings. The van der Waals surface area contributed by atoms with E-state index >= 15 is 0 Å². The van der Waals surface area contributed by atoms with Gasteiger partial charge in [-0.25, -0.2) is 4.79 Å². The van der Waals surface area contributed by atoms with Gasteiger partial charge in [0.05, 0.1) is 26.9 Å². The lowest BCUT2D eigenvalue weighted by Crippen LogP contribution is -2.46. The number of likely N-dealkylation sites (tertiary alicyclic amines) is 1. The molecule has 0 spiro atoms. The van der Waals surface area contributed by atoms with Gasteiger partial charge in [0, 0.05) is 25.7 Å². The number of carbonyl (C=O) groups excluding carboxylic acids is 1. The van der Waals surface area contributed by atoms with E-state index in [1.165, 1.54) is 18.4 Å². The van der Waals surface area contributed by atoms with Gasteiger partial charge in [0.25, 0.3) is 0 Å². The van der Waals surface area contributed by atoms with Crippen molar-refractivity contribution in [3.8, 4) is 11.5 Å². The summed E-state index contributed by atoms with van der Waals surface area (Å²) in [5.41, 5.74) is 1.18. The fraction of sp³-hybridized carbons (Fsp3) is 0.731. The minimum atomic E-state index is -0.289. The van der Waals surface area contributed by atoms with Crippen molar-refractivity contribution in [2.75, 3.05) is 54.1 Å². The number of alkyl carbamates (subject to hydrolysis) is 1. The summed E-state index contributed by atoms with van der Waals surface area (Å²) < 4.78 is 22.8. The van der Waals surface area contributed by atoms with Crippen LogP contribution < -0.4 is 20.1 Å². The van der Waals surface area contributed by atoms with E-state index < -0.39 is 0 Å². The summed E-state index contributed by atoms with van der Waals surface area (Å²) in [6, 6.07) is 6.43. The first-order valence-corrected chi connectivity index (χ1v) is 12.8. The van der Waals surface area contributed by atoms with E-state index in [0.717, 1.165) is 69.7 Å². The normalized spacial score (nSPS) is 23.0. The molecule has 8 heteroatoms. The van der Waals surface area contributed by atoms with Crippen LogP contribution in [0.25, 0.3) is 0 Å². The van der Waals surface area contributed by atoms with Crippen LogP contribution in [0.15, 0.2) is 18.2 Å². The largest absolute Gasteiger partial charge is 0.493 e. The summed E-state index contributed by atoms with van der Waals surface area (Å²) in [6.07, 6.45) is 8.31. The maximum Gasteiger partial charge on any atom is 0.407 e. The first kappa shape index (κ1) is 26.6. The van der Waals surface area contributed by atoms with Crippen LogP contribution in [0.1, 0.15) is 50.5 Å². The van der Waals surface area contributed by atoms with Crippen molar-refractivity contribution in [3.05, 3.63) is 23.8 Å². The number of hydrogen-bond donors (Lipinski definition) is 2. The van der Waals surface area contributed by atoms with Gasteiger partial charge >= 0.3 is 6.09 Å². The van der Waals surface area contributed by atoms with Crippen LogP contribution in [0.2, 0.25) is 0 Å². The SMILES string of the molecule is CNCCCCNC(=O)O[C@@H]1CCN([C@@H]2CCCC[C@H]2OCCc2ccc(OC)c(OC)c2)C1. The van der Waals surface area contributed by atoms with Crippen LogP contribution in [0.3, 0.4) is 0 Å². The van der Waals surface area contributed by atoms with Gasteiger partial charge in [0.1, 0.15) is 6.10 Å². The third kappa shape index (κ3) is 8.03. The summed E-state index contributed by atoms with van der Waals surface area (Å²) in [6.45, 7) is 4.07. The lowest BCUT2D eigenvalue weighted by molar-refractivity contribution is -0.0319. The summed E-state index contributed by atoms with van der Waals surface area (Å²) in [5.74, 6) is 1.49. The molecule has 1 aliphatic heterocycles. The van der Waals surface area contributed by atoms with Gasteiger partial charge in [-0.3, -0.25) is 4.90 Å². The Morgan fingerprint density at radius 1 is 1.06 bits per heavy atom. The van der Waals surface area contributed by atoms with Gasteiger partial charge in [-0.1, -0.05) is 18.9 Å². The molecule has 1 saturated heterocycles. The Morgan fingerprint density at radius 3 is 2.65 bits per heavy atom. The van der Waals surface area contributed by atoms with Crippen molar-refractivity contribution in [2.24, 2.45) is 0 Å². The molecule has 0 bridgehead atoms. The zero-order chi connectivity index (χ0) is 24.2. The number of nitrogens with zero attached hydrogens (tertiary/aromatic N) is 1. The van der Waals surface area contributed by atoms with Gasteiger partial charge < -0.3 is 29.6 Å². The molecule has 3 atom stereocenters. The minimum Gasteiger partial charge on any atom is -0.493 e. The van der Waals surface area contributed by atoms with Gasteiger partial charge in [-0.15, -0.1) is 0 Å². The predicted molar refractivity (Wildman–Crippen MR) is 133 cm³/mol. The summed E-state index contributed by atoms with van der Waals surface area (Å²) in [5, 5.41) is 6.00. The van der Waals surface area contributed by atoms with E-state index in [9.17, 15) is 4.79 Å². The van der Waals surface area contributed by atoms with Gasteiger partial charge in [0.2, 0.25) is 0 Å². The van der Waals surface area contributed by atoms with E-state index in [4.69, 9.17) is 18.9 Å². The van der Waals surface area contributed by atoms with E-state index in [2.05, 4.69) is 21.6 Å². The Kier molecular flexibility index (Phi) is 11.2. The number of hydrogen-bond acceptors (Lipinski definition) is 7. The van der Waals surface area contributed by atoms with Gasteiger partial charge in [-0.2, -0.15) is 0 Å². The monoisotopic (exact) mass is 477 g/mol. The number of rotatable bonds is 13. The van der Waals surface area contributed by atoms with E-state index in [0.29, 0.717) is 19.2 Å². The van der Waals surface area contributed by atoms with Crippen molar-refractivity contribution in [1.29, 1.82) is 0 Å². The lowest BCUT2D eigenvalue weighted by Gasteiger charge is -2.37. The number of nitrogens with one attached hydrogen (secondary N) is 2. The molecule has 1 aliphatic carbocycles. The lowest BCUT2D eigenvalue weighted by atomic mass is 9.91. The summed E-state index contributed by atoms with van der Waals surface area (Å²) in [7, 11) is 5.25. The molecular formula is C26H43N3O5. The van der Waals surface area contributed by atoms with Crippen LogP contribution in [-0.2, 0) is 15.9 Å². The molecular weight excluding hydrogens is 434 g/mol. The summed E-state index contributed by atoms with van der Waals surface area (Å²) in [4.78, 5) is 14.6. The second kappa shape index (κ2) is 14.4. The highest BCUT2D eigenvalue weighted by molar-refractivity contribution is 5.67. The van der Waals surface area contributed by atoms with Crippen molar-refractivity contribution < 1.29 is 23.7 Å². The van der Waals surface area contributed by atoms with E-state index in [1.807, 2.05) is 19.2 Å². The molecule has 1 heterocycles. The van der Waals surface area contributed by atoms with E-state index in [1.54, 1.807) is 14.2 Å². The highest BCUT2D eigenvalue weighted by Gasteiger charge is 2.36. The van der Waals surface area contributed by atoms with Crippen molar-refractivity contribution >= 4 is 6.09 Å². The molecule has 3 rings (SSSR count). The standard InChI is InChI=1S/C26H43N3O5/c1-27-14-6-7-15-28-26(30)34-21-12-16-29(19-21)22-8-4-5-9-23(22)33-17-13-20-10-11-24(31-2)25(18-20)32-3/h10-11,18,21-23,27H,4-9,12-17,19H2,1-3H3,(H,28,30)/t21-,22-,23-/m1/s1. The molecule has 0 unspecified atom stereocenters. The number of unbranched alkanes of at least 4 members (excludes halogenated alkanes) is 1. The second-order valence-corrected chi connectivity index (χ2v) is 9.25. The number of amides is 1. The maximum absolute atomic E-state index is 12.1. The van der Waals surface area contributed by atoms with Crippen molar-refractivity contribution in [2.45, 2.75) is 69.6 Å². The Morgan fingerprint density at radius 2 is 1.85 bits per heavy atom. The molecule has 0 radical (unpaired) electrons. The average Bonchev–Trinajstić information content (AvgIpc) is 3.32. The minimum absolute atomic E-state index is 0.0355. The van der Waals surface area contributed by atoms with Crippen molar-refractivity contribution in [1.82, 2.24) is 15.5 Å². The van der Waals surface area contributed by atoms with Crippen LogP contribution >= 0.6 is 0 Å². The molecule has 2 N–H and O–H groups in total. The number of carbonyl (C=O) groups is 1. The quantitative estimate of drug-likeness (QED) is 0.422. The fourth-order valence-electron chi connectivity index (χ4n) is 5.02. The van der Waals surface area contributed by atoms with Crippen molar-refractivity contribution in [3.63, 3.8) is 0 Å². The zero-order valence-corrected chi connectivity index (χ0v) is 21.1. The van der Waals surface area contributed by atoms with Gasteiger partial charge in [0.15, 0.2) is 11.5 Å². The van der Waals surface area contributed by atoms with Crippen LogP contribution in [-0.4, -0.2) is 83.3 Å². The predicted octanol–water partition coefficient (Wildman–Crippen LogP) is 3.37. The molecule has 192 valence electrons. The molecule has 1 saturated carbocycles. The van der Waals surface area contributed by atoms with E-state index in [-0.39, 0.29) is 18.3 Å². The molecule has 8 nitrogen and oxygen atoms in total. The highest BCUT2D eigenvalue weighted by atomic mass is 16.6. The molecule has 2 fully saturated rings. The Balaban J connectivity index is 1.42. The van der Waals surface area contributed by atoms with Crippen LogP contribution in [0.4, 0.5) is 4.79 Å². The molecule has 1 aromatic rings. The molecule has 0 aromatic heterocycles. The number of methoxy groups -OCH3 is 2. The number of benzene rings is 1. The zero-order valence-electron chi connectivity index (χ0n) is 21.1. The van der Waals surface area contributed by atoms with Crippen LogP contribution in [0.5, 0.6) is 11.5 Å². The first-order valence-electron chi connectivity index (χ1n) is 12.8. The maximum atomic E-state index is 12.1. The highest BCUT2D eigenvalue weighted by Crippen LogP contribution is 2.30. The van der Waals surface area contributed by atoms with Gasteiger partial charge in [-0.05, 0) is 69.8 Å². The molecule has 34 heavy (non-hydrogen) atoms. The van der Waals surface area contributed by atoms with Crippen LogP contribution in [0, 0.1) is 0 Å². The Bertz CT molecular complexity index is 747. The summed E-state index contributed by atoms with van der Waals surface area (Å²) >= 11 is 0. The number of ether oxygens (including phenoxy) is 4. The molecule has 1 amide bonds. The third-order valence-corrected chi connectivity index (χ3v) is 6.88. The smallest absolute Gasteiger partial charge is 0.407 e. The first-order chi connectivity index (χ1) is 16.6. The molecule has 1 aromatic carbocycles. The third-order valence-electron chi connectivity index (χ3n) is 6.88. The second-order valence-electron chi connectivity index (χ2n) is 9.25. The Labute approximate surface area is 204 Å². The topological polar surface area (TPSA) is 81.3 Å². The fourth-order valence-corrected chi connectivity index (χ4v) is 5.02. The average molecular weight is 478 g/mol.